The summed E-state index contributed by atoms with van der Waals surface area (Å²) in [6.07, 6.45) is 3.64. The monoisotopic (exact) mass is 328 g/mol. The van der Waals surface area contributed by atoms with Gasteiger partial charge in [0.25, 0.3) is 10.0 Å². The summed E-state index contributed by atoms with van der Waals surface area (Å²) < 4.78 is 24.7. The fourth-order valence-corrected chi connectivity index (χ4v) is 2.73. The standard InChI is InChI=1S/C12H13BrN2O2S/c1-9-2-5-11(8-9)14-15-18(16,17)12-6-3-10(13)4-7-12/h3-4,6-8,15H,2,5H2,1H3/b14-11+. The lowest BCUT2D eigenvalue weighted by molar-refractivity contribution is 0.584. The second-order valence-electron chi connectivity index (χ2n) is 4.14. The Balaban J connectivity index is 2.15. The van der Waals surface area contributed by atoms with Crippen LogP contribution in [0.25, 0.3) is 0 Å². The van der Waals surface area contributed by atoms with Crippen molar-refractivity contribution in [2.24, 2.45) is 5.10 Å². The van der Waals surface area contributed by atoms with Crippen LogP contribution in [0.2, 0.25) is 0 Å². The predicted molar refractivity (Wildman–Crippen MR) is 74.9 cm³/mol. The van der Waals surface area contributed by atoms with Crippen molar-refractivity contribution in [2.45, 2.75) is 24.7 Å². The van der Waals surface area contributed by atoms with Gasteiger partial charge in [-0.25, -0.2) is 0 Å². The highest BCUT2D eigenvalue weighted by Crippen LogP contribution is 2.16. The summed E-state index contributed by atoms with van der Waals surface area (Å²) in [5.74, 6) is 0. The van der Waals surface area contributed by atoms with E-state index in [4.69, 9.17) is 0 Å². The number of benzene rings is 1. The molecule has 96 valence electrons. The highest BCUT2D eigenvalue weighted by molar-refractivity contribution is 9.10. The number of rotatable bonds is 3. The molecule has 0 aliphatic heterocycles. The molecule has 0 spiro atoms. The van der Waals surface area contributed by atoms with Crippen LogP contribution < -0.4 is 4.83 Å². The van der Waals surface area contributed by atoms with E-state index >= 15 is 0 Å². The van der Waals surface area contributed by atoms with Crippen LogP contribution in [0.15, 0.2) is 50.4 Å². The van der Waals surface area contributed by atoms with Gasteiger partial charge in [-0.1, -0.05) is 21.5 Å². The second-order valence-corrected chi connectivity index (χ2v) is 6.72. The highest BCUT2D eigenvalue weighted by Gasteiger charge is 2.13. The molecule has 0 fully saturated rings. The molecule has 0 atom stereocenters. The fourth-order valence-electron chi connectivity index (χ4n) is 1.63. The van der Waals surface area contributed by atoms with Gasteiger partial charge < -0.3 is 0 Å². The summed E-state index contributed by atoms with van der Waals surface area (Å²) in [6.45, 7) is 2.01. The van der Waals surface area contributed by atoms with Crippen molar-refractivity contribution in [1.82, 2.24) is 4.83 Å². The first-order chi connectivity index (χ1) is 8.47. The van der Waals surface area contributed by atoms with E-state index in [0.29, 0.717) is 0 Å². The van der Waals surface area contributed by atoms with Gasteiger partial charge in [0.15, 0.2) is 0 Å². The minimum Gasteiger partial charge on any atom is -0.200 e. The number of nitrogens with zero attached hydrogens (tertiary/aromatic N) is 1. The highest BCUT2D eigenvalue weighted by atomic mass is 79.9. The average Bonchev–Trinajstić information content (AvgIpc) is 2.73. The lowest BCUT2D eigenvalue weighted by atomic mass is 10.3. The zero-order valence-electron chi connectivity index (χ0n) is 9.85. The molecule has 0 unspecified atom stereocenters. The number of halogens is 1. The van der Waals surface area contributed by atoms with Crippen molar-refractivity contribution in [1.29, 1.82) is 0 Å². The predicted octanol–water partition coefficient (Wildman–Crippen LogP) is 2.82. The largest absolute Gasteiger partial charge is 0.276 e. The SMILES string of the molecule is CC1=C/C(=N/NS(=O)(=O)c2ccc(Br)cc2)CC1. The van der Waals surface area contributed by atoms with E-state index in [1.807, 2.05) is 13.0 Å². The Kier molecular flexibility index (Phi) is 3.87. The third kappa shape index (κ3) is 3.20. The molecule has 6 heteroatoms. The molecule has 0 amide bonds. The molecule has 18 heavy (non-hydrogen) atoms. The molecule has 0 radical (unpaired) electrons. The quantitative estimate of drug-likeness (QED) is 0.867. The van der Waals surface area contributed by atoms with Gasteiger partial charge >= 0.3 is 0 Å². The number of hydrazone groups is 1. The van der Waals surface area contributed by atoms with Crippen molar-refractivity contribution >= 4 is 31.7 Å². The van der Waals surface area contributed by atoms with Crippen molar-refractivity contribution in [3.05, 3.63) is 40.4 Å². The van der Waals surface area contributed by atoms with Gasteiger partial charge in [-0.2, -0.15) is 18.4 Å². The zero-order chi connectivity index (χ0) is 13.2. The minimum absolute atomic E-state index is 0.203. The lowest BCUT2D eigenvalue weighted by Gasteiger charge is -2.04. The van der Waals surface area contributed by atoms with E-state index in [1.54, 1.807) is 12.1 Å². The molecule has 1 N–H and O–H groups in total. The van der Waals surface area contributed by atoms with Gasteiger partial charge in [0.05, 0.1) is 10.6 Å². The van der Waals surface area contributed by atoms with E-state index in [2.05, 4.69) is 25.9 Å². The van der Waals surface area contributed by atoms with E-state index < -0.39 is 10.0 Å². The first-order valence-corrected chi connectivity index (χ1v) is 7.76. The van der Waals surface area contributed by atoms with Crippen LogP contribution in [-0.2, 0) is 10.0 Å². The average molecular weight is 329 g/mol. The maximum Gasteiger partial charge on any atom is 0.276 e. The number of sulfonamides is 1. The van der Waals surface area contributed by atoms with Gasteiger partial charge in [-0.05, 0) is 50.1 Å². The van der Waals surface area contributed by atoms with Gasteiger partial charge in [-0.3, -0.25) is 0 Å². The first kappa shape index (κ1) is 13.3. The van der Waals surface area contributed by atoms with Gasteiger partial charge in [0.2, 0.25) is 0 Å². The fraction of sp³-hybridized carbons (Fsp3) is 0.250. The molecule has 1 aliphatic carbocycles. The molecular formula is C12H13BrN2O2S. The van der Waals surface area contributed by atoms with Crippen molar-refractivity contribution < 1.29 is 8.42 Å². The Bertz CT molecular complexity index is 603. The molecule has 1 aromatic rings. The van der Waals surface area contributed by atoms with Crippen LogP contribution in [0.3, 0.4) is 0 Å². The summed E-state index contributed by atoms with van der Waals surface area (Å²) in [7, 11) is -3.57. The van der Waals surface area contributed by atoms with Crippen LogP contribution in [0.5, 0.6) is 0 Å². The third-order valence-electron chi connectivity index (χ3n) is 2.62. The maximum absolute atomic E-state index is 11.9. The Labute approximate surface area is 115 Å². The van der Waals surface area contributed by atoms with Crippen LogP contribution >= 0.6 is 15.9 Å². The Hall–Kier alpha value is -1.14. The van der Waals surface area contributed by atoms with Crippen LogP contribution in [0.4, 0.5) is 0 Å². The molecule has 4 nitrogen and oxygen atoms in total. The number of hydrogen-bond donors (Lipinski definition) is 1. The molecule has 0 saturated carbocycles. The summed E-state index contributed by atoms with van der Waals surface area (Å²) in [5.41, 5.74) is 1.99. The van der Waals surface area contributed by atoms with Crippen LogP contribution in [0, 0.1) is 0 Å². The molecular weight excluding hydrogens is 316 g/mol. The van der Waals surface area contributed by atoms with E-state index in [-0.39, 0.29) is 4.90 Å². The topological polar surface area (TPSA) is 58.5 Å². The third-order valence-corrected chi connectivity index (χ3v) is 4.37. The molecule has 1 aromatic carbocycles. The molecule has 0 bridgehead atoms. The van der Waals surface area contributed by atoms with Gasteiger partial charge in [-0.15, -0.1) is 0 Å². The molecule has 0 heterocycles. The van der Waals surface area contributed by atoms with Crippen molar-refractivity contribution in [3.63, 3.8) is 0 Å². The summed E-state index contributed by atoms with van der Waals surface area (Å²) in [6, 6.07) is 6.42. The Morgan fingerprint density at radius 3 is 2.44 bits per heavy atom. The molecule has 2 rings (SSSR count). The molecule has 0 saturated heterocycles. The maximum atomic E-state index is 11.9. The molecule has 0 aromatic heterocycles. The smallest absolute Gasteiger partial charge is 0.200 e. The lowest BCUT2D eigenvalue weighted by Crippen LogP contribution is -2.19. The second kappa shape index (κ2) is 5.24. The van der Waals surface area contributed by atoms with Crippen LogP contribution in [0.1, 0.15) is 19.8 Å². The first-order valence-electron chi connectivity index (χ1n) is 5.48. The number of nitrogens with one attached hydrogen (secondary N) is 1. The number of allylic oxidation sites excluding steroid dienone is 2. The van der Waals surface area contributed by atoms with E-state index in [9.17, 15) is 8.42 Å². The van der Waals surface area contributed by atoms with E-state index in [0.717, 1.165) is 23.0 Å². The van der Waals surface area contributed by atoms with Crippen molar-refractivity contribution in [3.8, 4) is 0 Å². The summed E-state index contributed by atoms with van der Waals surface area (Å²) >= 11 is 3.26. The normalized spacial score (nSPS) is 17.9. The van der Waals surface area contributed by atoms with Gasteiger partial charge in [0.1, 0.15) is 0 Å². The summed E-state index contributed by atoms with van der Waals surface area (Å²) in [4.78, 5) is 2.46. The van der Waals surface area contributed by atoms with Crippen molar-refractivity contribution in [2.75, 3.05) is 0 Å². The summed E-state index contributed by atoms with van der Waals surface area (Å²) in [5, 5.41) is 3.93. The molecule has 1 aliphatic rings. The Morgan fingerprint density at radius 2 is 1.89 bits per heavy atom. The number of hydrogen-bond acceptors (Lipinski definition) is 3. The Morgan fingerprint density at radius 1 is 1.22 bits per heavy atom. The minimum atomic E-state index is -3.57. The van der Waals surface area contributed by atoms with Crippen LogP contribution in [-0.4, -0.2) is 14.1 Å². The zero-order valence-corrected chi connectivity index (χ0v) is 12.3. The van der Waals surface area contributed by atoms with Gasteiger partial charge in [0, 0.05) is 4.47 Å². The van der Waals surface area contributed by atoms with E-state index in [1.165, 1.54) is 17.7 Å².